The minimum atomic E-state index is -0.610. The number of allylic oxidation sites excluding steroid dienone is 2. The number of rotatable bonds is 1. The first-order valence-corrected chi connectivity index (χ1v) is 5.38. The molecule has 0 spiro atoms. The molecule has 0 N–H and O–H groups in total. The summed E-state index contributed by atoms with van der Waals surface area (Å²) in [6, 6.07) is 0. The third kappa shape index (κ3) is 1.09. The van der Waals surface area contributed by atoms with Crippen molar-refractivity contribution < 1.29 is 14.3 Å². The van der Waals surface area contributed by atoms with E-state index < -0.39 is 11.8 Å². The molecule has 2 fully saturated rings. The molecule has 0 aromatic heterocycles. The van der Waals surface area contributed by atoms with Gasteiger partial charge in [-0.05, 0) is 31.6 Å². The smallest absolute Gasteiger partial charge is 0.419 e. The summed E-state index contributed by atoms with van der Waals surface area (Å²) in [6.45, 7) is 5.71. The molecule has 0 aromatic rings. The van der Waals surface area contributed by atoms with E-state index in [1.807, 2.05) is 6.92 Å². The Hall–Kier alpha value is -1.25. The number of ether oxygens (including phenoxy) is 2. The van der Waals surface area contributed by atoms with Gasteiger partial charge in [0.25, 0.3) is 0 Å². The van der Waals surface area contributed by atoms with E-state index in [4.69, 9.17) is 9.47 Å². The van der Waals surface area contributed by atoms with E-state index in [-0.39, 0.29) is 0 Å². The zero-order valence-corrected chi connectivity index (χ0v) is 8.73. The van der Waals surface area contributed by atoms with Crippen molar-refractivity contribution in [2.24, 2.45) is 17.8 Å². The first-order valence-electron chi connectivity index (χ1n) is 5.38. The Labute approximate surface area is 88.7 Å². The molecular formula is C12H14O3. The summed E-state index contributed by atoms with van der Waals surface area (Å²) >= 11 is 0. The standard InChI is InChI=1S/C12H14O3/c1-7-12(2,15-11(13)14-7)10-6-8-3-4-9(10)5-8/h3-4,8-10H,1,5-6H2,2H3. The van der Waals surface area contributed by atoms with E-state index in [0.717, 1.165) is 6.42 Å². The molecule has 2 aliphatic carbocycles. The third-order valence-corrected chi connectivity index (χ3v) is 4.04. The van der Waals surface area contributed by atoms with Gasteiger partial charge in [-0.15, -0.1) is 0 Å². The molecule has 1 saturated carbocycles. The summed E-state index contributed by atoms with van der Waals surface area (Å²) in [4.78, 5) is 11.1. The summed E-state index contributed by atoms with van der Waals surface area (Å²) in [6.07, 6.45) is 6.17. The molecule has 4 atom stereocenters. The third-order valence-electron chi connectivity index (χ3n) is 4.04. The maximum Gasteiger partial charge on any atom is 0.514 e. The first-order chi connectivity index (χ1) is 7.09. The van der Waals surface area contributed by atoms with Gasteiger partial charge < -0.3 is 9.47 Å². The highest BCUT2D eigenvalue weighted by atomic mass is 16.8. The number of carbonyl (C=O) groups excluding carboxylic acids is 1. The average Bonchev–Trinajstić information content (AvgIpc) is 2.82. The largest absolute Gasteiger partial charge is 0.514 e. The molecular weight excluding hydrogens is 192 g/mol. The molecule has 3 rings (SSSR count). The van der Waals surface area contributed by atoms with Crippen LogP contribution >= 0.6 is 0 Å². The lowest BCUT2D eigenvalue weighted by atomic mass is 9.78. The highest BCUT2D eigenvalue weighted by Crippen LogP contribution is 2.52. The maximum atomic E-state index is 11.1. The average molecular weight is 206 g/mol. The zero-order valence-electron chi connectivity index (χ0n) is 8.73. The van der Waals surface area contributed by atoms with Crippen molar-refractivity contribution in [3.05, 3.63) is 24.5 Å². The molecule has 4 unspecified atom stereocenters. The lowest BCUT2D eigenvalue weighted by Crippen LogP contribution is -2.38. The fraction of sp³-hybridized carbons (Fsp3) is 0.583. The van der Waals surface area contributed by atoms with Gasteiger partial charge in [-0.25, -0.2) is 4.79 Å². The predicted molar refractivity (Wildman–Crippen MR) is 54.0 cm³/mol. The molecule has 0 amide bonds. The molecule has 80 valence electrons. The van der Waals surface area contributed by atoms with Gasteiger partial charge in [0.1, 0.15) is 5.76 Å². The van der Waals surface area contributed by atoms with Crippen LogP contribution in [0.15, 0.2) is 24.5 Å². The van der Waals surface area contributed by atoms with Crippen molar-refractivity contribution in [2.75, 3.05) is 0 Å². The Balaban J connectivity index is 1.91. The zero-order chi connectivity index (χ0) is 10.6. The monoisotopic (exact) mass is 206 g/mol. The minimum Gasteiger partial charge on any atom is -0.419 e. The molecule has 2 bridgehead atoms. The van der Waals surface area contributed by atoms with E-state index in [0.29, 0.717) is 23.5 Å². The Kier molecular flexibility index (Phi) is 1.59. The van der Waals surface area contributed by atoms with Crippen molar-refractivity contribution in [1.82, 2.24) is 0 Å². The molecule has 1 heterocycles. The van der Waals surface area contributed by atoms with Gasteiger partial charge in [0, 0.05) is 5.92 Å². The van der Waals surface area contributed by atoms with Crippen molar-refractivity contribution in [3.8, 4) is 0 Å². The Bertz CT molecular complexity index is 371. The predicted octanol–water partition coefficient (Wildman–Crippen LogP) is 2.64. The quantitative estimate of drug-likeness (QED) is 0.488. The van der Waals surface area contributed by atoms with Crippen LogP contribution in [-0.2, 0) is 9.47 Å². The van der Waals surface area contributed by atoms with Crippen LogP contribution in [0, 0.1) is 17.8 Å². The lowest BCUT2D eigenvalue weighted by molar-refractivity contribution is 0.0257. The minimum absolute atomic E-state index is 0.339. The second kappa shape index (κ2) is 2.65. The second-order valence-corrected chi connectivity index (χ2v) is 4.87. The topological polar surface area (TPSA) is 35.5 Å². The molecule has 3 nitrogen and oxygen atoms in total. The molecule has 15 heavy (non-hydrogen) atoms. The van der Waals surface area contributed by atoms with Crippen molar-refractivity contribution in [3.63, 3.8) is 0 Å². The first kappa shape index (κ1) is 9.01. The van der Waals surface area contributed by atoms with Gasteiger partial charge in [-0.3, -0.25) is 0 Å². The lowest BCUT2D eigenvalue weighted by Gasteiger charge is -2.32. The van der Waals surface area contributed by atoms with E-state index >= 15 is 0 Å². The fourth-order valence-corrected chi connectivity index (χ4v) is 3.15. The number of cyclic esters (lactones) is 2. The van der Waals surface area contributed by atoms with Gasteiger partial charge in [0.05, 0.1) is 0 Å². The molecule has 0 radical (unpaired) electrons. The van der Waals surface area contributed by atoms with Crippen LogP contribution in [0.1, 0.15) is 19.8 Å². The van der Waals surface area contributed by atoms with E-state index in [1.54, 1.807) is 0 Å². The summed E-state index contributed by atoms with van der Waals surface area (Å²) in [7, 11) is 0. The molecule has 0 aromatic carbocycles. The van der Waals surface area contributed by atoms with Crippen LogP contribution in [0.25, 0.3) is 0 Å². The van der Waals surface area contributed by atoms with Gasteiger partial charge in [-0.2, -0.15) is 0 Å². The van der Waals surface area contributed by atoms with Gasteiger partial charge in [-0.1, -0.05) is 18.7 Å². The highest BCUT2D eigenvalue weighted by molar-refractivity contribution is 5.66. The van der Waals surface area contributed by atoms with Crippen LogP contribution in [0.3, 0.4) is 0 Å². The Morgan fingerprint density at radius 3 is 2.73 bits per heavy atom. The maximum absolute atomic E-state index is 11.1. The SMILES string of the molecule is C=C1OC(=O)OC1(C)C1CC2C=CC1C2. The molecule has 3 heteroatoms. The van der Waals surface area contributed by atoms with Crippen LogP contribution in [-0.4, -0.2) is 11.8 Å². The van der Waals surface area contributed by atoms with Crippen molar-refractivity contribution >= 4 is 6.16 Å². The highest BCUT2D eigenvalue weighted by Gasteiger charge is 2.54. The van der Waals surface area contributed by atoms with Crippen LogP contribution in [0.4, 0.5) is 4.79 Å². The number of carbonyl (C=O) groups is 1. The fourth-order valence-electron chi connectivity index (χ4n) is 3.15. The van der Waals surface area contributed by atoms with Gasteiger partial charge in [0.15, 0.2) is 5.60 Å². The van der Waals surface area contributed by atoms with Gasteiger partial charge >= 0.3 is 6.16 Å². The van der Waals surface area contributed by atoms with Crippen molar-refractivity contribution in [2.45, 2.75) is 25.4 Å². The summed E-state index contributed by atoms with van der Waals surface area (Å²) in [5.41, 5.74) is -0.610. The molecule has 1 aliphatic heterocycles. The molecule has 1 saturated heterocycles. The van der Waals surface area contributed by atoms with Crippen LogP contribution < -0.4 is 0 Å². The normalized spacial score (nSPS) is 47.1. The van der Waals surface area contributed by atoms with Crippen molar-refractivity contribution in [1.29, 1.82) is 0 Å². The number of hydrogen-bond donors (Lipinski definition) is 0. The van der Waals surface area contributed by atoms with E-state index in [2.05, 4.69) is 18.7 Å². The Morgan fingerprint density at radius 2 is 2.27 bits per heavy atom. The second-order valence-electron chi connectivity index (χ2n) is 4.87. The molecule has 3 aliphatic rings. The van der Waals surface area contributed by atoms with Crippen LogP contribution in [0.5, 0.6) is 0 Å². The summed E-state index contributed by atoms with van der Waals surface area (Å²) < 4.78 is 10.2. The number of hydrogen-bond acceptors (Lipinski definition) is 3. The Morgan fingerprint density at radius 1 is 1.47 bits per heavy atom. The summed E-state index contributed by atoms with van der Waals surface area (Å²) in [5.74, 6) is 1.99. The number of fused-ring (bicyclic) bond motifs is 2. The van der Waals surface area contributed by atoms with Gasteiger partial charge in [0.2, 0.25) is 0 Å². The van der Waals surface area contributed by atoms with Crippen LogP contribution in [0.2, 0.25) is 0 Å². The van der Waals surface area contributed by atoms with E-state index in [9.17, 15) is 4.79 Å². The summed E-state index contributed by atoms with van der Waals surface area (Å²) in [5, 5.41) is 0. The van der Waals surface area contributed by atoms with E-state index in [1.165, 1.54) is 6.42 Å².